The van der Waals surface area contributed by atoms with Crippen molar-refractivity contribution in [1.29, 1.82) is 0 Å². The highest BCUT2D eigenvalue weighted by Crippen LogP contribution is 2.24. The Bertz CT molecular complexity index is 1160. The number of benzene rings is 2. The monoisotopic (exact) mass is 496 g/mol. The summed E-state index contributed by atoms with van der Waals surface area (Å²) >= 11 is 6.06. The summed E-state index contributed by atoms with van der Waals surface area (Å²) in [4.78, 5) is 36.4. The fourth-order valence-electron chi connectivity index (χ4n) is 3.03. The largest absolute Gasteiger partial charge is 0.465 e. The number of morpholine rings is 1. The molecule has 1 aliphatic rings. The molecule has 1 N–H and O–H groups in total. The lowest BCUT2D eigenvalue weighted by molar-refractivity contribution is -0.119. The summed E-state index contributed by atoms with van der Waals surface area (Å²) in [5.74, 6) is -2.34. The van der Waals surface area contributed by atoms with Gasteiger partial charge in [-0.15, -0.1) is 0 Å². The minimum absolute atomic E-state index is 0.0302. The molecule has 1 saturated heterocycles. The Morgan fingerprint density at radius 2 is 1.76 bits per heavy atom. The lowest BCUT2D eigenvalue weighted by atomic mass is 10.2. The zero-order valence-electron chi connectivity index (χ0n) is 17.6. The molecule has 3 rings (SSSR count). The molecule has 176 valence electrons. The molecule has 2 aromatic carbocycles. The SMILES string of the molecule is COC(=O)c1ccccc1NC(=O)COC(=O)c1cc(S(=O)(=O)N2CCOCC2)ccc1Cl. The van der Waals surface area contributed by atoms with E-state index < -0.39 is 34.5 Å². The first-order valence-electron chi connectivity index (χ1n) is 9.76. The molecular formula is C21H21ClN2O8S. The molecule has 0 aliphatic carbocycles. The second-order valence-electron chi connectivity index (χ2n) is 6.82. The molecule has 12 heteroatoms. The first-order valence-corrected chi connectivity index (χ1v) is 11.6. The summed E-state index contributed by atoms with van der Waals surface area (Å²) in [6.45, 7) is 0.243. The Morgan fingerprint density at radius 3 is 2.45 bits per heavy atom. The van der Waals surface area contributed by atoms with Crippen LogP contribution in [0.1, 0.15) is 20.7 Å². The summed E-state index contributed by atoms with van der Waals surface area (Å²) in [5.41, 5.74) is 0.111. The number of anilines is 1. The second-order valence-corrected chi connectivity index (χ2v) is 9.16. The van der Waals surface area contributed by atoms with Crippen LogP contribution in [0.25, 0.3) is 0 Å². The summed E-state index contributed by atoms with van der Waals surface area (Å²) in [6.07, 6.45) is 0. The summed E-state index contributed by atoms with van der Waals surface area (Å²) in [7, 11) is -2.65. The standard InChI is InChI=1S/C21H21ClN2O8S/c1-30-20(26)15-4-2-3-5-18(15)23-19(25)13-32-21(27)16-12-14(6-7-17(16)22)33(28,29)24-8-10-31-11-9-24/h2-7,12H,8-11,13H2,1H3,(H,23,25). The fourth-order valence-corrected chi connectivity index (χ4v) is 4.66. The Kier molecular flexibility index (Phi) is 8.03. The number of nitrogens with one attached hydrogen (secondary N) is 1. The third-order valence-corrected chi connectivity index (χ3v) is 6.93. The highest BCUT2D eigenvalue weighted by Gasteiger charge is 2.28. The lowest BCUT2D eigenvalue weighted by Gasteiger charge is -2.26. The minimum Gasteiger partial charge on any atom is -0.465 e. The Balaban J connectivity index is 1.69. The number of hydrogen-bond donors (Lipinski definition) is 1. The van der Waals surface area contributed by atoms with Crippen LogP contribution < -0.4 is 5.32 Å². The number of nitrogens with zero attached hydrogens (tertiary/aromatic N) is 1. The first kappa shape index (κ1) is 24.6. The summed E-state index contributed by atoms with van der Waals surface area (Å²) < 4.78 is 41.7. The van der Waals surface area contributed by atoms with Crippen LogP contribution in [0.15, 0.2) is 47.4 Å². The molecule has 0 aromatic heterocycles. The van der Waals surface area contributed by atoms with Gasteiger partial charge >= 0.3 is 11.9 Å². The molecule has 0 spiro atoms. The van der Waals surface area contributed by atoms with E-state index in [1.165, 1.54) is 35.7 Å². The van der Waals surface area contributed by atoms with Crippen LogP contribution in [-0.2, 0) is 29.0 Å². The number of para-hydroxylation sites is 1. The maximum atomic E-state index is 12.8. The number of amides is 1. The van der Waals surface area contributed by atoms with Crippen molar-refractivity contribution in [2.24, 2.45) is 0 Å². The number of methoxy groups -OCH3 is 1. The van der Waals surface area contributed by atoms with Crippen LogP contribution >= 0.6 is 11.6 Å². The van der Waals surface area contributed by atoms with Gasteiger partial charge in [-0.1, -0.05) is 23.7 Å². The zero-order valence-corrected chi connectivity index (χ0v) is 19.1. The Hall–Kier alpha value is -2.99. The Labute approximate surface area is 195 Å². The number of ether oxygens (including phenoxy) is 3. The van der Waals surface area contributed by atoms with Crippen molar-refractivity contribution in [2.75, 3.05) is 45.3 Å². The zero-order chi connectivity index (χ0) is 24.0. The average molecular weight is 497 g/mol. The number of halogens is 1. The van der Waals surface area contributed by atoms with E-state index in [1.807, 2.05) is 0 Å². The van der Waals surface area contributed by atoms with Gasteiger partial charge in [-0.25, -0.2) is 18.0 Å². The summed E-state index contributed by atoms with van der Waals surface area (Å²) in [6, 6.07) is 9.84. The number of carbonyl (C=O) groups is 3. The molecule has 1 fully saturated rings. The number of esters is 2. The average Bonchev–Trinajstić information content (AvgIpc) is 2.83. The second kappa shape index (κ2) is 10.8. The van der Waals surface area contributed by atoms with Crippen molar-refractivity contribution >= 4 is 45.2 Å². The van der Waals surface area contributed by atoms with Crippen LogP contribution in [0.2, 0.25) is 5.02 Å². The van der Waals surface area contributed by atoms with E-state index in [0.717, 1.165) is 6.07 Å². The van der Waals surface area contributed by atoms with Crippen LogP contribution in [0.5, 0.6) is 0 Å². The highest BCUT2D eigenvalue weighted by molar-refractivity contribution is 7.89. The van der Waals surface area contributed by atoms with E-state index in [9.17, 15) is 22.8 Å². The predicted octanol–water partition coefficient (Wildman–Crippen LogP) is 1.94. The van der Waals surface area contributed by atoms with Crippen molar-refractivity contribution in [3.05, 3.63) is 58.6 Å². The molecule has 10 nitrogen and oxygen atoms in total. The van der Waals surface area contributed by atoms with E-state index >= 15 is 0 Å². The van der Waals surface area contributed by atoms with Crippen LogP contribution in [0.3, 0.4) is 0 Å². The highest BCUT2D eigenvalue weighted by atomic mass is 35.5. The third-order valence-electron chi connectivity index (χ3n) is 4.71. The number of sulfonamides is 1. The van der Waals surface area contributed by atoms with Crippen molar-refractivity contribution in [2.45, 2.75) is 4.90 Å². The quantitative estimate of drug-likeness (QED) is 0.576. The van der Waals surface area contributed by atoms with Crippen LogP contribution in [-0.4, -0.2) is 70.6 Å². The van der Waals surface area contributed by atoms with Crippen molar-refractivity contribution in [3.8, 4) is 0 Å². The molecule has 0 radical (unpaired) electrons. The smallest absolute Gasteiger partial charge is 0.340 e. The van der Waals surface area contributed by atoms with Gasteiger partial charge in [-0.2, -0.15) is 4.31 Å². The van der Waals surface area contributed by atoms with Gasteiger partial charge < -0.3 is 19.5 Å². The van der Waals surface area contributed by atoms with E-state index in [2.05, 4.69) is 10.1 Å². The number of carbonyl (C=O) groups excluding carboxylic acids is 3. The maximum absolute atomic E-state index is 12.8. The van der Waals surface area contributed by atoms with Crippen LogP contribution in [0.4, 0.5) is 5.69 Å². The summed E-state index contributed by atoms with van der Waals surface area (Å²) in [5, 5.41) is 2.43. The van der Waals surface area contributed by atoms with E-state index in [4.69, 9.17) is 21.1 Å². The van der Waals surface area contributed by atoms with Gasteiger partial charge in [-0.05, 0) is 30.3 Å². The molecule has 1 amide bonds. The maximum Gasteiger partial charge on any atom is 0.340 e. The van der Waals surface area contributed by atoms with E-state index in [0.29, 0.717) is 0 Å². The van der Waals surface area contributed by atoms with Crippen molar-refractivity contribution in [1.82, 2.24) is 4.31 Å². The lowest BCUT2D eigenvalue weighted by Crippen LogP contribution is -2.40. The Morgan fingerprint density at radius 1 is 1.06 bits per heavy atom. The molecule has 0 atom stereocenters. The van der Waals surface area contributed by atoms with Gasteiger partial charge in [0.15, 0.2) is 6.61 Å². The van der Waals surface area contributed by atoms with E-state index in [1.54, 1.807) is 12.1 Å². The van der Waals surface area contributed by atoms with Gasteiger partial charge in [0.2, 0.25) is 10.0 Å². The molecule has 0 saturated carbocycles. The molecule has 0 bridgehead atoms. The van der Waals surface area contributed by atoms with Gasteiger partial charge in [0.1, 0.15) is 0 Å². The predicted molar refractivity (Wildman–Crippen MR) is 118 cm³/mol. The normalized spacial score (nSPS) is 14.4. The molecule has 0 unspecified atom stereocenters. The molecule has 1 heterocycles. The molecule has 1 aliphatic heterocycles. The topological polar surface area (TPSA) is 128 Å². The molecule has 33 heavy (non-hydrogen) atoms. The van der Waals surface area contributed by atoms with Crippen LogP contribution in [0, 0.1) is 0 Å². The third kappa shape index (κ3) is 5.88. The van der Waals surface area contributed by atoms with Gasteiger partial charge in [-0.3, -0.25) is 4.79 Å². The minimum atomic E-state index is -3.86. The fraction of sp³-hybridized carbons (Fsp3) is 0.286. The van der Waals surface area contributed by atoms with Gasteiger partial charge in [0.05, 0.1) is 47.1 Å². The van der Waals surface area contributed by atoms with E-state index in [-0.39, 0.29) is 53.0 Å². The number of rotatable bonds is 7. The molecule has 2 aromatic rings. The van der Waals surface area contributed by atoms with Gasteiger partial charge in [0.25, 0.3) is 5.91 Å². The van der Waals surface area contributed by atoms with Gasteiger partial charge in [0, 0.05) is 13.1 Å². The van der Waals surface area contributed by atoms with Crippen molar-refractivity contribution < 1.29 is 37.0 Å². The molecular weight excluding hydrogens is 476 g/mol. The number of hydrogen-bond acceptors (Lipinski definition) is 8. The first-order chi connectivity index (χ1) is 15.7. The van der Waals surface area contributed by atoms with Crippen molar-refractivity contribution in [3.63, 3.8) is 0 Å².